The van der Waals surface area contributed by atoms with E-state index in [-0.39, 0.29) is 0 Å². The molecule has 1 aromatic heterocycles. The number of hydrogen-bond donors (Lipinski definition) is 1. The van der Waals surface area contributed by atoms with E-state index in [2.05, 4.69) is 12.1 Å². The maximum absolute atomic E-state index is 5.82. The van der Waals surface area contributed by atoms with E-state index in [1.165, 1.54) is 23.4 Å². The molecule has 0 amide bonds. The van der Waals surface area contributed by atoms with Gasteiger partial charge in [0.1, 0.15) is 10.8 Å². The highest BCUT2D eigenvalue weighted by atomic mass is 32.1. The van der Waals surface area contributed by atoms with E-state index in [1.54, 1.807) is 11.3 Å². The smallest absolute Gasteiger partial charge is 0.123 e. The lowest BCUT2D eigenvalue weighted by Gasteiger charge is -2.02. The van der Waals surface area contributed by atoms with Gasteiger partial charge in [-0.2, -0.15) is 0 Å². The van der Waals surface area contributed by atoms with Crippen LogP contribution in [0.1, 0.15) is 36.3 Å². The van der Waals surface area contributed by atoms with Gasteiger partial charge in [-0.1, -0.05) is 0 Å². The van der Waals surface area contributed by atoms with Crippen LogP contribution in [0.2, 0.25) is 0 Å². The summed E-state index contributed by atoms with van der Waals surface area (Å²) in [5, 5.41) is 1.07. The highest BCUT2D eigenvalue weighted by molar-refractivity contribution is 7.15. The summed E-state index contributed by atoms with van der Waals surface area (Å²) in [6.45, 7) is 3.28. The Hall–Kier alpha value is -1.39. The summed E-state index contributed by atoms with van der Waals surface area (Å²) < 4.78 is 5.46. The first-order chi connectivity index (χ1) is 9.31. The summed E-state index contributed by atoms with van der Waals surface area (Å²) in [5.41, 5.74) is 8.20. The quantitative estimate of drug-likeness (QED) is 0.907. The largest absolute Gasteiger partial charge is 0.494 e. The van der Waals surface area contributed by atoms with Crippen LogP contribution in [-0.2, 0) is 6.54 Å². The zero-order valence-corrected chi connectivity index (χ0v) is 11.9. The van der Waals surface area contributed by atoms with Crippen molar-refractivity contribution in [3.63, 3.8) is 0 Å². The average Bonchev–Trinajstić information content (AvgIpc) is 3.19. The van der Waals surface area contributed by atoms with Crippen LogP contribution in [-0.4, -0.2) is 11.6 Å². The van der Waals surface area contributed by atoms with Crippen LogP contribution < -0.4 is 10.5 Å². The Morgan fingerprint density at radius 2 is 2.05 bits per heavy atom. The molecule has 100 valence electrons. The predicted molar refractivity (Wildman–Crippen MR) is 78.6 cm³/mol. The summed E-state index contributed by atoms with van der Waals surface area (Å²) in [4.78, 5) is 6.03. The molecule has 1 aliphatic carbocycles. The molecule has 0 aliphatic heterocycles. The van der Waals surface area contributed by atoms with Crippen LogP contribution in [0.25, 0.3) is 10.6 Å². The molecule has 1 fully saturated rings. The van der Waals surface area contributed by atoms with Gasteiger partial charge in [0.15, 0.2) is 0 Å². The van der Waals surface area contributed by atoms with Crippen LogP contribution in [0, 0.1) is 0 Å². The summed E-state index contributed by atoms with van der Waals surface area (Å²) in [7, 11) is 0. The number of nitrogens with zero attached hydrogens (tertiary/aromatic N) is 1. The molecular formula is C15H18N2OS. The first-order valence-electron chi connectivity index (χ1n) is 6.74. The van der Waals surface area contributed by atoms with E-state index in [4.69, 9.17) is 15.5 Å². The molecule has 4 heteroatoms. The van der Waals surface area contributed by atoms with Crippen LogP contribution in [0.3, 0.4) is 0 Å². The molecule has 2 N–H and O–H groups in total. The fourth-order valence-electron chi connectivity index (χ4n) is 2.17. The van der Waals surface area contributed by atoms with Crippen molar-refractivity contribution in [2.75, 3.05) is 6.61 Å². The second kappa shape index (κ2) is 5.31. The number of aromatic nitrogens is 1. The van der Waals surface area contributed by atoms with Crippen LogP contribution in [0.4, 0.5) is 0 Å². The average molecular weight is 274 g/mol. The van der Waals surface area contributed by atoms with Gasteiger partial charge in [-0.05, 0) is 44.0 Å². The van der Waals surface area contributed by atoms with Crippen molar-refractivity contribution in [1.82, 2.24) is 4.98 Å². The maximum Gasteiger partial charge on any atom is 0.123 e. The number of benzene rings is 1. The zero-order valence-electron chi connectivity index (χ0n) is 11.1. The molecule has 3 rings (SSSR count). The number of rotatable bonds is 5. The number of ether oxygens (including phenoxy) is 1. The third kappa shape index (κ3) is 2.65. The Morgan fingerprint density at radius 1 is 1.32 bits per heavy atom. The van der Waals surface area contributed by atoms with E-state index in [9.17, 15) is 0 Å². The summed E-state index contributed by atoms with van der Waals surface area (Å²) >= 11 is 1.72. The third-order valence-electron chi connectivity index (χ3n) is 3.29. The SMILES string of the molecule is CCOc1ccc(-c2nc(C3CC3)c(CN)s2)cc1. The van der Waals surface area contributed by atoms with Crippen LogP contribution in [0.5, 0.6) is 5.75 Å². The molecule has 1 aromatic carbocycles. The Kier molecular flexibility index (Phi) is 3.53. The van der Waals surface area contributed by atoms with Gasteiger partial charge in [0.25, 0.3) is 0 Å². The molecule has 2 aromatic rings. The van der Waals surface area contributed by atoms with Gasteiger partial charge in [-0.3, -0.25) is 0 Å². The minimum absolute atomic E-state index is 0.598. The van der Waals surface area contributed by atoms with Crippen molar-refractivity contribution < 1.29 is 4.74 Å². The van der Waals surface area contributed by atoms with Gasteiger partial charge < -0.3 is 10.5 Å². The second-order valence-electron chi connectivity index (χ2n) is 4.76. The van der Waals surface area contributed by atoms with Crippen LogP contribution in [0.15, 0.2) is 24.3 Å². The van der Waals surface area contributed by atoms with Crippen molar-refractivity contribution in [1.29, 1.82) is 0 Å². The standard InChI is InChI=1S/C15H18N2OS/c1-2-18-12-7-5-11(6-8-12)15-17-14(10-3-4-10)13(9-16)19-15/h5-8,10H,2-4,9,16H2,1H3. The van der Waals surface area contributed by atoms with Crippen molar-refractivity contribution in [3.05, 3.63) is 34.8 Å². The van der Waals surface area contributed by atoms with Crippen LogP contribution >= 0.6 is 11.3 Å². The van der Waals surface area contributed by atoms with Crippen molar-refractivity contribution in [2.45, 2.75) is 32.2 Å². The number of hydrogen-bond acceptors (Lipinski definition) is 4. The number of nitrogens with two attached hydrogens (primary N) is 1. The lowest BCUT2D eigenvalue weighted by molar-refractivity contribution is 0.340. The Morgan fingerprint density at radius 3 is 2.63 bits per heavy atom. The van der Waals surface area contributed by atoms with E-state index in [0.29, 0.717) is 19.1 Å². The second-order valence-corrected chi connectivity index (χ2v) is 5.85. The third-order valence-corrected chi connectivity index (χ3v) is 4.43. The van der Waals surface area contributed by atoms with Gasteiger partial charge in [0, 0.05) is 22.9 Å². The van der Waals surface area contributed by atoms with Gasteiger partial charge in [-0.25, -0.2) is 4.98 Å². The first-order valence-corrected chi connectivity index (χ1v) is 7.56. The molecule has 3 nitrogen and oxygen atoms in total. The van der Waals surface area contributed by atoms with E-state index < -0.39 is 0 Å². The topological polar surface area (TPSA) is 48.1 Å². The van der Waals surface area contributed by atoms with Crippen molar-refractivity contribution in [3.8, 4) is 16.3 Å². The molecule has 1 saturated carbocycles. The highest BCUT2D eigenvalue weighted by Crippen LogP contribution is 2.44. The van der Waals surface area contributed by atoms with Crippen molar-refractivity contribution >= 4 is 11.3 Å². The monoisotopic (exact) mass is 274 g/mol. The van der Waals surface area contributed by atoms with E-state index in [0.717, 1.165) is 16.3 Å². The van der Waals surface area contributed by atoms with Gasteiger partial charge in [-0.15, -0.1) is 11.3 Å². The molecule has 1 aliphatic rings. The predicted octanol–water partition coefficient (Wildman–Crippen LogP) is 3.54. The van der Waals surface area contributed by atoms with E-state index >= 15 is 0 Å². The summed E-state index contributed by atoms with van der Waals surface area (Å²) in [6.07, 6.45) is 2.53. The Balaban J connectivity index is 1.88. The molecule has 0 saturated heterocycles. The zero-order chi connectivity index (χ0) is 13.2. The first kappa shape index (κ1) is 12.6. The lowest BCUT2D eigenvalue weighted by Crippen LogP contribution is -1.96. The fraction of sp³-hybridized carbons (Fsp3) is 0.400. The minimum Gasteiger partial charge on any atom is -0.494 e. The molecule has 1 heterocycles. The number of thiazole rings is 1. The molecule has 0 atom stereocenters. The normalized spacial score (nSPS) is 14.6. The fourth-order valence-corrected chi connectivity index (χ4v) is 3.20. The molecule has 0 bridgehead atoms. The van der Waals surface area contributed by atoms with Crippen molar-refractivity contribution in [2.24, 2.45) is 5.73 Å². The van der Waals surface area contributed by atoms with E-state index in [1.807, 2.05) is 19.1 Å². The molecule has 19 heavy (non-hydrogen) atoms. The Bertz CT molecular complexity index is 558. The highest BCUT2D eigenvalue weighted by Gasteiger charge is 2.29. The lowest BCUT2D eigenvalue weighted by atomic mass is 10.2. The summed E-state index contributed by atoms with van der Waals surface area (Å²) in [6, 6.07) is 8.14. The Labute approximate surface area is 117 Å². The molecule has 0 radical (unpaired) electrons. The van der Waals surface area contributed by atoms with Gasteiger partial charge >= 0.3 is 0 Å². The summed E-state index contributed by atoms with van der Waals surface area (Å²) in [5.74, 6) is 1.57. The molecule has 0 unspecified atom stereocenters. The molecule has 0 spiro atoms. The maximum atomic E-state index is 5.82. The van der Waals surface area contributed by atoms with Gasteiger partial charge in [0.2, 0.25) is 0 Å². The molecular weight excluding hydrogens is 256 g/mol. The van der Waals surface area contributed by atoms with Gasteiger partial charge in [0.05, 0.1) is 12.3 Å². The minimum atomic E-state index is 0.598.